The van der Waals surface area contributed by atoms with Crippen molar-refractivity contribution in [3.63, 3.8) is 0 Å². The first-order valence-corrected chi connectivity index (χ1v) is 10.1. The molecule has 3 rings (SSSR count). The standard InChI is InChI=1S/C18H15F3N4O4S/c19-18(20,21)15-11-14(6-5-13(15)12-22)23-7-9-24(10-8-23)30(28,29)17-4-2-1-3-16(17)25(26)27/h1-6,11H,7-10H2. The summed E-state index contributed by atoms with van der Waals surface area (Å²) in [7, 11) is -4.14. The molecule has 1 saturated heterocycles. The number of para-hydroxylation sites is 1. The zero-order valence-corrected chi connectivity index (χ0v) is 16.2. The van der Waals surface area contributed by atoms with Crippen LogP contribution in [0.15, 0.2) is 47.4 Å². The Balaban J connectivity index is 1.82. The molecular weight excluding hydrogens is 425 g/mol. The van der Waals surface area contributed by atoms with Gasteiger partial charge >= 0.3 is 6.18 Å². The molecule has 0 spiro atoms. The SMILES string of the molecule is N#Cc1ccc(N2CCN(S(=O)(=O)c3ccccc3[N+](=O)[O-])CC2)cc1C(F)(F)F. The predicted molar refractivity (Wildman–Crippen MR) is 100 cm³/mol. The molecule has 0 unspecified atom stereocenters. The van der Waals surface area contributed by atoms with Crippen LogP contribution >= 0.6 is 0 Å². The summed E-state index contributed by atoms with van der Waals surface area (Å²) < 4.78 is 66.3. The Morgan fingerprint density at radius 1 is 1.07 bits per heavy atom. The van der Waals surface area contributed by atoms with Crippen molar-refractivity contribution in [2.45, 2.75) is 11.1 Å². The van der Waals surface area contributed by atoms with Gasteiger partial charge in [0.05, 0.1) is 22.1 Å². The summed E-state index contributed by atoms with van der Waals surface area (Å²) in [6, 6.07) is 9.81. The van der Waals surface area contributed by atoms with Crippen LogP contribution in [-0.4, -0.2) is 43.8 Å². The lowest BCUT2D eigenvalue weighted by Gasteiger charge is -2.35. The zero-order chi connectivity index (χ0) is 22.1. The third-order valence-electron chi connectivity index (χ3n) is 4.71. The number of halogens is 3. The van der Waals surface area contributed by atoms with Crippen LogP contribution in [0.25, 0.3) is 0 Å². The second-order valence-electron chi connectivity index (χ2n) is 6.46. The molecule has 0 atom stereocenters. The fraction of sp³-hybridized carbons (Fsp3) is 0.278. The first-order chi connectivity index (χ1) is 14.1. The molecule has 1 heterocycles. The Bertz CT molecular complexity index is 1120. The predicted octanol–water partition coefficient (Wildman–Crippen LogP) is 3.00. The molecule has 0 aromatic heterocycles. The molecule has 2 aromatic rings. The van der Waals surface area contributed by atoms with Crippen molar-refractivity contribution in [3.05, 3.63) is 63.7 Å². The van der Waals surface area contributed by atoms with Crippen LogP contribution in [0.2, 0.25) is 0 Å². The smallest absolute Gasteiger partial charge is 0.369 e. The number of nitro groups is 1. The van der Waals surface area contributed by atoms with Crippen LogP contribution in [0.5, 0.6) is 0 Å². The summed E-state index contributed by atoms with van der Waals surface area (Å²) >= 11 is 0. The molecule has 12 heteroatoms. The quantitative estimate of drug-likeness (QED) is 0.534. The van der Waals surface area contributed by atoms with Crippen LogP contribution < -0.4 is 4.90 Å². The van der Waals surface area contributed by atoms with Gasteiger partial charge in [-0.25, -0.2) is 8.42 Å². The number of benzene rings is 2. The lowest BCUT2D eigenvalue weighted by Crippen LogP contribution is -2.48. The number of nitrogens with zero attached hydrogens (tertiary/aromatic N) is 4. The summed E-state index contributed by atoms with van der Waals surface area (Å²) in [6.45, 7) is 0.0532. The molecule has 1 aliphatic heterocycles. The highest BCUT2D eigenvalue weighted by Gasteiger charge is 2.36. The van der Waals surface area contributed by atoms with Gasteiger partial charge < -0.3 is 4.90 Å². The lowest BCUT2D eigenvalue weighted by molar-refractivity contribution is -0.387. The molecule has 1 aliphatic rings. The van der Waals surface area contributed by atoms with Crippen LogP contribution in [0.4, 0.5) is 24.5 Å². The van der Waals surface area contributed by atoms with E-state index in [0.717, 1.165) is 28.6 Å². The summed E-state index contributed by atoms with van der Waals surface area (Å²) in [5, 5.41) is 20.0. The maximum Gasteiger partial charge on any atom is 0.417 e. The van der Waals surface area contributed by atoms with E-state index in [9.17, 15) is 31.7 Å². The summed E-state index contributed by atoms with van der Waals surface area (Å²) in [5.41, 5.74) is -1.88. The fourth-order valence-electron chi connectivity index (χ4n) is 3.21. The highest BCUT2D eigenvalue weighted by Crippen LogP contribution is 2.35. The maximum atomic E-state index is 13.2. The van der Waals surface area contributed by atoms with Crippen LogP contribution in [0, 0.1) is 21.4 Å². The Labute approximate surface area is 169 Å². The topological polar surface area (TPSA) is 108 Å². The molecule has 30 heavy (non-hydrogen) atoms. The van der Waals surface area contributed by atoms with Gasteiger partial charge in [0.15, 0.2) is 4.90 Å². The molecule has 0 amide bonds. The minimum Gasteiger partial charge on any atom is -0.369 e. The minimum atomic E-state index is -4.70. The van der Waals surface area contributed by atoms with Gasteiger partial charge in [-0.2, -0.15) is 22.7 Å². The van der Waals surface area contributed by atoms with Crippen LogP contribution in [0.3, 0.4) is 0 Å². The van der Waals surface area contributed by atoms with Crippen molar-refractivity contribution in [3.8, 4) is 6.07 Å². The van der Waals surface area contributed by atoms with Gasteiger partial charge in [-0.3, -0.25) is 10.1 Å². The summed E-state index contributed by atoms with van der Waals surface area (Å²) in [6.07, 6.45) is -4.70. The van der Waals surface area contributed by atoms with E-state index in [-0.39, 0.29) is 31.9 Å². The Hall–Kier alpha value is -3.17. The molecule has 0 radical (unpaired) electrons. The number of nitro benzene ring substituents is 1. The van der Waals surface area contributed by atoms with Crippen LogP contribution in [0.1, 0.15) is 11.1 Å². The molecule has 0 saturated carbocycles. The van der Waals surface area contributed by atoms with Crippen molar-refractivity contribution in [1.29, 1.82) is 5.26 Å². The van der Waals surface area contributed by atoms with Gasteiger partial charge in [0.2, 0.25) is 10.0 Å². The van der Waals surface area contributed by atoms with E-state index in [1.165, 1.54) is 24.3 Å². The monoisotopic (exact) mass is 440 g/mol. The Morgan fingerprint density at radius 3 is 2.27 bits per heavy atom. The van der Waals surface area contributed by atoms with Gasteiger partial charge in [0.1, 0.15) is 0 Å². The third kappa shape index (κ3) is 4.07. The zero-order valence-electron chi connectivity index (χ0n) is 15.3. The summed E-state index contributed by atoms with van der Waals surface area (Å²) in [4.78, 5) is 11.5. The maximum absolute atomic E-state index is 13.2. The van der Waals surface area contributed by atoms with E-state index < -0.39 is 42.8 Å². The third-order valence-corrected chi connectivity index (χ3v) is 6.66. The van der Waals surface area contributed by atoms with E-state index in [0.29, 0.717) is 0 Å². The summed E-state index contributed by atoms with van der Waals surface area (Å²) in [5.74, 6) is 0. The lowest BCUT2D eigenvalue weighted by atomic mass is 10.1. The number of rotatable bonds is 4. The molecule has 158 valence electrons. The Kier molecular flexibility index (Phi) is 5.69. The number of piperazine rings is 1. The number of hydrogen-bond acceptors (Lipinski definition) is 6. The van der Waals surface area contributed by atoms with Crippen molar-refractivity contribution in [2.24, 2.45) is 0 Å². The fourth-order valence-corrected chi connectivity index (χ4v) is 4.79. The van der Waals surface area contributed by atoms with Gasteiger partial charge in [0.25, 0.3) is 5.69 Å². The van der Waals surface area contributed by atoms with E-state index in [1.807, 2.05) is 0 Å². The van der Waals surface area contributed by atoms with Crippen molar-refractivity contribution in [1.82, 2.24) is 4.31 Å². The minimum absolute atomic E-state index is 0.0598. The molecule has 0 aliphatic carbocycles. The van der Waals surface area contributed by atoms with Gasteiger partial charge in [-0.1, -0.05) is 12.1 Å². The van der Waals surface area contributed by atoms with Crippen molar-refractivity contribution < 1.29 is 26.5 Å². The molecule has 2 aromatic carbocycles. The second-order valence-corrected chi connectivity index (χ2v) is 8.36. The van der Waals surface area contributed by atoms with Crippen molar-refractivity contribution >= 4 is 21.4 Å². The molecular formula is C18H15F3N4O4S. The van der Waals surface area contributed by atoms with E-state index in [1.54, 1.807) is 4.90 Å². The average Bonchev–Trinajstić information content (AvgIpc) is 2.72. The molecule has 1 fully saturated rings. The van der Waals surface area contributed by atoms with Gasteiger partial charge in [-0.05, 0) is 24.3 Å². The number of nitriles is 1. The number of alkyl halides is 3. The highest BCUT2D eigenvalue weighted by atomic mass is 32.2. The highest BCUT2D eigenvalue weighted by molar-refractivity contribution is 7.89. The molecule has 8 nitrogen and oxygen atoms in total. The van der Waals surface area contributed by atoms with E-state index >= 15 is 0 Å². The van der Waals surface area contributed by atoms with Crippen LogP contribution in [-0.2, 0) is 16.2 Å². The molecule has 0 bridgehead atoms. The largest absolute Gasteiger partial charge is 0.417 e. The van der Waals surface area contributed by atoms with E-state index in [2.05, 4.69) is 0 Å². The average molecular weight is 440 g/mol. The van der Waals surface area contributed by atoms with Crippen molar-refractivity contribution in [2.75, 3.05) is 31.1 Å². The van der Waals surface area contributed by atoms with Gasteiger partial charge in [0, 0.05) is 37.9 Å². The second kappa shape index (κ2) is 7.92. The number of anilines is 1. The first kappa shape index (κ1) is 21.5. The normalized spacial score (nSPS) is 15.6. The van der Waals surface area contributed by atoms with Gasteiger partial charge in [-0.15, -0.1) is 0 Å². The number of hydrogen-bond donors (Lipinski definition) is 0. The molecule has 0 N–H and O–H groups in total. The number of sulfonamides is 1. The van der Waals surface area contributed by atoms with E-state index in [4.69, 9.17) is 5.26 Å². The Morgan fingerprint density at radius 2 is 1.70 bits per heavy atom. The first-order valence-electron chi connectivity index (χ1n) is 8.65.